The van der Waals surface area contributed by atoms with Crippen LogP contribution in [0.15, 0.2) is 55.1 Å². The average Bonchev–Trinajstić information content (AvgIpc) is 2.62. The van der Waals surface area contributed by atoms with Gasteiger partial charge in [-0.2, -0.15) is 0 Å². The lowest BCUT2D eigenvalue weighted by Crippen LogP contribution is -2.47. The fraction of sp³-hybridized carbons (Fsp3) is 0.522. The van der Waals surface area contributed by atoms with Gasteiger partial charge in [-0.25, -0.2) is 4.79 Å². The summed E-state index contributed by atoms with van der Waals surface area (Å²) in [6, 6.07) is 10.0. The van der Waals surface area contributed by atoms with Crippen LogP contribution in [0.2, 0.25) is 18.1 Å². The van der Waals surface area contributed by atoms with Crippen LogP contribution in [0.25, 0.3) is 0 Å². The largest absolute Gasteiger partial charge is 0.463 e. The van der Waals surface area contributed by atoms with Crippen molar-refractivity contribution in [1.82, 2.24) is 0 Å². The maximum atomic E-state index is 11.9. The van der Waals surface area contributed by atoms with Crippen LogP contribution < -0.4 is 0 Å². The summed E-state index contributed by atoms with van der Waals surface area (Å²) < 4.78 is 17.8. The van der Waals surface area contributed by atoms with Gasteiger partial charge in [0.2, 0.25) is 0 Å². The molecule has 0 aromatic heterocycles. The van der Waals surface area contributed by atoms with Gasteiger partial charge in [0.25, 0.3) is 0 Å². The molecule has 0 radical (unpaired) electrons. The topological polar surface area (TPSA) is 44.8 Å². The molecule has 0 aliphatic rings. The minimum Gasteiger partial charge on any atom is -0.463 e. The molecule has 2 atom stereocenters. The first kappa shape index (κ1) is 24.3. The van der Waals surface area contributed by atoms with Gasteiger partial charge < -0.3 is 13.9 Å². The molecule has 0 saturated heterocycles. The van der Waals surface area contributed by atoms with Gasteiger partial charge in [0.15, 0.2) is 8.32 Å². The van der Waals surface area contributed by atoms with Crippen molar-refractivity contribution in [3.05, 3.63) is 60.7 Å². The Morgan fingerprint density at radius 1 is 1.21 bits per heavy atom. The first-order valence-corrected chi connectivity index (χ1v) is 12.8. The van der Waals surface area contributed by atoms with Crippen LogP contribution in [0.4, 0.5) is 0 Å². The summed E-state index contributed by atoms with van der Waals surface area (Å²) in [6.07, 6.45) is 5.08. The molecule has 0 N–H and O–H groups in total. The van der Waals surface area contributed by atoms with Gasteiger partial charge in [-0.05, 0) is 43.1 Å². The molecule has 4 nitrogen and oxygen atoms in total. The van der Waals surface area contributed by atoms with Crippen LogP contribution in [0.5, 0.6) is 0 Å². The third kappa shape index (κ3) is 8.13. The van der Waals surface area contributed by atoms with Crippen LogP contribution in [0, 0.1) is 0 Å². The van der Waals surface area contributed by atoms with Crippen molar-refractivity contribution in [3.63, 3.8) is 0 Å². The Hall–Kier alpha value is -1.69. The zero-order valence-electron chi connectivity index (χ0n) is 18.2. The van der Waals surface area contributed by atoms with Crippen molar-refractivity contribution in [2.45, 2.75) is 71.1 Å². The van der Waals surface area contributed by atoms with Crippen LogP contribution in [0.1, 0.15) is 39.7 Å². The molecule has 0 fully saturated rings. The number of carbonyl (C=O) groups is 1. The van der Waals surface area contributed by atoms with E-state index in [2.05, 4.69) is 40.4 Å². The molecule has 0 aliphatic carbocycles. The van der Waals surface area contributed by atoms with Gasteiger partial charge in [0.1, 0.15) is 0 Å². The van der Waals surface area contributed by atoms with E-state index in [9.17, 15) is 4.79 Å². The van der Waals surface area contributed by atoms with Crippen molar-refractivity contribution in [3.8, 4) is 0 Å². The highest BCUT2D eigenvalue weighted by Gasteiger charge is 2.40. The molecule has 1 rings (SSSR count). The summed E-state index contributed by atoms with van der Waals surface area (Å²) in [7, 11) is -2.08. The zero-order valence-corrected chi connectivity index (χ0v) is 19.2. The maximum Gasteiger partial charge on any atom is 0.330 e. The van der Waals surface area contributed by atoms with E-state index in [-0.39, 0.29) is 23.2 Å². The van der Waals surface area contributed by atoms with Crippen LogP contribution >= 0.6 is 0 Å². The van der Waals surface area contributed by atoms with E-state index < -0.39 is 8.32 Å². The van der Waals surface area contributed by atoms with E-state index in [1.807, 2.05) is 36.4 Å². The molecule has 28 heavy (non-hydrogen) atoms. The van der Waals surface area contributed by atoms with Gasteiger partial charge >= 0.3 is 5.97 Å². The summed E-state index contributed by atoms with van der Waals surface area (Å²) in [4.78, 5) is 11.9. The first-order chi connectivity index (χ1) is 13.1. The van der Waals surface area contributed by atoms with Crippen molar-refractivity contribution in [1.29, 1.82) is 0 Å². The first-order valence-electron chi connectivity index (χ1n) is 9.90. The van der Waals surface area contributed by atoms with E-state index in [1.165, 1.54) is 6.08 Å². The van der Waals surface area contributed by atoms with Gasteiger partial charge in [-0.1, -0.05) is 57.2 Å². The molecule has 1 aromatic carbocycles. The molecule has 156 valence electrons. The fourth-order valence-electron chi connectivity index (χ4n) is 2.36. The molecule has 0 unspecified atom stereocenters. The zero-order chi connectivity index (χ0) is 21.2. The minimum atomic E-state index is -2.08. The minimum absolute atomic E-state index is 0.0428. The third-order valence-corrected chi connectivity index (χ3v) is 9.49. The van der Waals surface area contributed by atoms with Crippen molar-refractivity contribution < 1.29 is 18.7 Å². The number of benzene rings is 1. The summed E-state index contributed by atoms with van der Waals surface area (Å²) >= 11 is 0. The second-order valence-electron chi connectivity index (χ2n) is 8.31. The van der Waals surface area contributed by atoms with Crippen molar-refractivity contribution in [2.24, 2.45) is 0 Å². The highest BCUT2D eigenvalue weighted by atomic mass is 28.4. The van der Waals surface area contributed by atoms with Crippen LogP contribution in [-0.4, -0.2) is 33.1 Å². The monoisotopic (exact) mass is 404 g/mol. The number of hydrogen-bond acceptors (Lipinski definition) is 4. The summed E-state index contributed by atoms with van der Waals surface area (Å²) in [5.41, 5.74) is 1.09. The molecular weight excluding hydrogens is 368 g/mol. The Morgan fingerprint density at radius 2 is 1.86 bits per heavy atom. The predicted molar refractivity (Wildman–Crippen MR) is 118 cm³/mol. The van der Waals surface area contributed by atoms with E-state index in [0.717, 1.165) is 5.56 Å². The van der Waals surface area contributed by atoms with E-state index >= 15 is 0 Å². The number of ether oxygens (including phenoxy) is 2. The maximum absolute atomic E-state index is 11.9. The lowest BCUT2D eigenvalue weighted by Gasteiger charge is -2.40. The van der Waals surface area contributed by atoms with Gasteiger partial charge in [-0.3, -0.25) is 0 Å². The molecule has 0 spiro atoms. The van der Waals surface area contributed by atoms with Gasteiger partial charge in [-0.15, -0.1) is 6.58 Å². The van der Waals surface area contributed by atoms with Crippen molar-refractivity contribution in [2.75, 3.05) is 6.61 Å². The Balaban J connectivity index is 3.04. The summed E-state index contributed by atoms with van der Waals surface area (Å²) in [5.74, 6) is -0.369. The molecule has 1 aromatic rings. The normalized spacial score (nSPS) is 14.6. The van der Waals surface area contributed by atoms with Crippen molar-refractivity contribution >= 4 is 14.3 Å². The summed E-state index contributed by atoms with van der Waals surface area (Å²) in [6.45, 7) is 17.4. The molecule has 0 bridgehead atoms. The quantitative estimate of drug-likeness (QED) is 0.207. The molecular formula is C23H36O4Si. The SMILES string of the molecule is C=CC[C@H](OCc1ccccc1)[C@@H](/C=C/C(=O)OCC)O[Si](C)(C)C(C)(C)C. The number of carbonyl (C=O) groups excluding carboxylic acids is 1. The lowest BCUT2D eigenvalue weighted by atomic mass is 10.1. The Bertz CT molecular complexity index is 632. The van der Waals surface area contributed by atoms with Crippen LogP contribution in [0.3, 0.4) is 0 Å². The predicted octanol–water partition coefficient (Wildman–Crippen LogP) is 5.66. The smallest absolute Gasteiger partial charge is 0.330 e. The standard InChI is InChI=1S/C23H36O4Si/c1-8-13-20(26-18-19-14-11-10-12-15-19)21(16-17-22(24)25-9-2)27-28(6,7)23(3,4)5/h8,10-12,14-17,20-21H,1,9,13,18H2,2-7H3/b17-16+/t20-,21+/m0/s1. The second kappa shape index (κ2) is 11.3. The Morgan fingerprint density at radius 3 is 2.39 bits per heavy atom. The molecule has 0 saturated carbocycles. The number of rotatable bonds is 11. The van der Waals surface area contributed by atoms with E-state index in [0.29, 0.717) is 19.6 Å². The average molecular weight is 405 g/mol. The van der Waals surface area contributed by atoms with E-state index in [1.54, 1.807) is 13.0 Å². The second-order valence-corrected chi connectivity index (χ2v) is 13.1. The molecule has 0 amide bonds. The fourth-order valence-corrected chi connectivity index (χ4v) is 3.62. The van der Waals surface area contributed by atoms with Gasteiger partial charge in [0, 0.05) is 6.08 Å². The number of esters is 1. The lowest BCUT2D eigenvalue weighted by molar-refractivity contribution is -0.137. The molecule has 0 heterocycles. The Labute approximate surface area is 171 Å². The number of hydrogen-bond donors (Lipinski definition) is 0. The highest BCUT2D eigenvalue weighted by molar-refractivity contribution is 6.74. The van der Waals surface area contributed by atoms with Crippen LogP contribution in [-0.2, 0) is 25.3 Å². The van der Waals surface area contributed by atoms with Gasteiger partial charge in [0.05, 0.1) is 25.4 Å². The molecule has 5 heteroatoms. The third-order valence-electron chi connectivity index (χ3n) is 5.02. The Kier molecular flexibility index (Phi) is 9.86. The molecule has 0 aliphatic heterocycles. The highest BCUT2D eigenvalue weighted by Crippen LogP contribution is 2.38. The van der Waals surface area contributed by atoms with E-state index in [4.69, 9.17) is 13.9 Å². The summed E-state index contributed by atoms with van der Waals surface area (Å²) in [5, 5.41) is 0.0428.